The van der Waals surface area contributed by atoms with Crippen molar-refractivity contribution in [1.29, 1.82) is 0 Å². The molecule has 3 nitrogen and oxygen atoms in total. The number of esters is 1. The van der Waals surface area contributed by atoms with Crippen LogP contribution in [-0.2, 0) is 9.53 Å². The van der Waals surface area contributed by atoms with E-state index in [-0.39, 0.29) is 17.5 Å². The topological polar surface area (TPSA) is 52.3 Å². The van der Waals surface area contributed by atoms with Crippen molar-refractivity contribution in [3.05, 3.63) is 0 Å². The third kappa shape index (κ3) is 3.82. The number of hydrogen-bond acceptors (Lipinski definition) is 3. The number of ether oxygens (including phenoxy) is 1. The largest absolute Gasteiger partial charge is 0.461 e. The van der Waals surface area contributed by atoms with Gasteiger partial charge in [-0.05, 0) is 31.1 Å². The summed E-state index contributed by atoms with van der Waals surface area (Å²) >= 11 is 0. The molecule has 2 N–H and O–H groups in total. The van der Waals surface area contributed by atoms with E-state index in [1.165, 1.54) is 19.3 Å². The van der Waals surface area contributed by atoms with Crippen molar-refractivity contribution in [2.24, 2.45) is 11.1 Å². The fourth-order valence-electron chi connectivity index (χ4n) is 1.77. The van der Waals surface area contributed by atoms with Crippen molar-refractivity contribution >= 4 is 5.97 Å². The number of hydrogen-bond donors (Lipinski definition) is 1. The molecule has 1 rings (SSSR count). The van der Waals surface area contributed by atoms with Gasteiger partial charge in [0.25, 0.3) is 0 Å². The Hall–Kier alpha value is -0.570. The maximum Gasteiger partial charge on any atom is 0.323 e. The minimum atomic E-state index is -0.514. The molecule has 1 aliphatic carbocycles. The normalized spacial score (nSPS) is 21.1. The van der Waals surface area contributed by atoms with E-state index in [2.05, 4.69) is 0 Å². The average Bonchev–Trinajstić information content (AvgIpc) is 2.16. The molecule has 0 saturated heterocycles. The van der Waals surface area contributed by atoms with Crippen LogP contribution in [0.5, 0.6) is 0 Å². The zero-order valence-electron chi connectivity index (χ0n) is 10.1. The Morgan fingerprint density at radius 2 is 1.80 bits per heavy atom. The third-order valence-corrected chi connectivity index (χ3v) is 3.02. The molecule has 1 atom stereocenters. The van der Waals surface area contributed by atoms with Gasteiger partial charge >= 0.3 is 5.97 Å². The molecule has 0 spiro atoms. The third-order valence-electron chi connectivity index (χ3n) is 3.02. The van der Waals surface area contributed by atoms with E-state index in [4.69, 9.17) is 10.5 Å². The van der Waals surface area contributed by atoms with Crippen molar-refractivity contribution in [1.82, 2.24) is 0 Å². The Balaban J connectivity index is 2.40. The highest BCUT2D eigenvalue weighted by molar-refractivity contribution is 5.76. The van der Waals surface area contributed by atoms with Crippen molar-refractivity contribution in [3.63, 3.8) is 0 Å². The Morgan fingerprint density at radius 1 is 1.27 bits per heavy atom. The van der Waals surface area contributed by atoms with E-state index >= 15 is 0 Å². The summed E-state index contributed by atoms with van der Waals surface area (Å²) in [6, 6.07) is -0.514. The van der Waals surface area contributed by atoms with Gasteiger partial charge in [0.05, 0.1) is 0 Å². The van der Waals surface area contributed by atoms with Gasteiger partial charge in [0.1, 0.15) is 12.1 Å². The molecule has 0 aromatic heterocycles. The molecular weight excluding hydrogens is 190 g/mol. The molecule has 0 heterocycles. The quantitative estimate of drug-likeness (QED) is 0.716. The van der Waals surface area contributed by atoms with Crippen LogP contribution < -0.4 is 5.73 Å². The number of nitrogens with two attached hydrogens (primary N) is 1. The second-order valence-corrected chi connectivity index (χ2v) is 5.54. The summed E-state index contributed by atoms with van der Waals surface area (Å²) in [5.74, 6) is -0.241. The SMILES string of the molecule is CC(C)(C)[C@@H](N)C(=O)OC1CCCCC1. The molecular formula is C12H23NO2. The van der Waals surface area contributed by atoms with E-state index in [0.717, 1.165) is 12.8 Å². The lowest BCUT2D eigenvalue weighted by molar-refractivity contribution is -0.154. The second-order valence-electron chi connectivity index (χ2n) is 5.54. The zero-order chi connectivity index (χ0) is 11.5. The van der Waals surface area contributed by atoms with Gasteiger partial charge in [0.2, 0.25) is 0 Å². The summed E-state index contributed by atoms with van der Waals surface area (Å²) < 4.78 is 5.42. The Labute approximate surface area is 92.4 Å². The first-order valence-electron chi connectivity index (χ1n) is 5.87. The maximum absolute atomic E-state index is 11.7. The van der Waals surface area contributed by atoms with E-state index < -0.39 is 6.04 Å². The second kappa shape index (κ2) is 4.97. The summed E-state index contributed by atoms with van der Waals surface area (Å²) in [4.78, 5) is 11.7. The van der Waals surface area contributed by atoms with E-state index in [9.17, 15) is 4.79 Å². The molecule has 15 heavy (non-hydrogen) atoms. The van der Waals surface area contributed by atoms with Crippen LogP contribution in [0.3, 0.4) is 0 Å². The predicted octanol–water partition coefficient (Wildman–Crippen LogP) is 2.24. The molecule has 1 saturated carbocycles. The van der Waals surface area contributed by atoms with Crippen LogP contribution in [0.4, 0.5) is 0 Å². The van der Waals surface area contributed by atoms with Gasteiger partial charge < -0.3 is 10.5 Å². The van der Waals surface area contributed by atoms with Gasteiger partial charge in [-0.1, -0.05) is 27.2 Å². The molecule has 0 aromatic rings. The average molecular weight is 213 g/mol. The van der Waals surface area contributed by atoms with Crippen molar-refractivity contribution in [3.8, 4) is 0 Å². The fourth-order valence-corrected chi connectivity index (χ4v) is 1.77. The predicted molar refractivity (Wildman–Crippen MR) is 60.4 cm³/mol. The molecule has 1 aliphatic rings. The molecule has 0 radical (unpaired) electrons. The molecule has 0 amide bonds. The van der Waals surface area contributed by atoms with Crippen molar-refractivity contribution in [2.45, 2.75) is 65.0 Å². The van der Waals surface area contributed by atoms with Crippen LogP contribution >= 0.6 is 0 Å². The van der Waals surface area contributed by atoms with Gasteiger partial charge in [0, 0.05) is 0 Å². The van der Waals surface area contributed by atoms with Gasteiger partial charge in [0.15, 0.2) is 0 Å². The van der Waals surface area contributed by atoms with E-state index in [1.54, 1.807) is 0 Å². The van der Waals surface area contributed by atoms with Crippen molar-refractivity contribution in [2.75, 3.05) is 0 Å². The van der Waals surface area contributed by atoms with Gasteiger partial charge in [-0.25, -0.2) is 0 Å². The molecule has 0 bridgehead atoms. The molecule has 0 aromatic carbocycles. The number of carbonyl (C=O) groups is 1. The lowest BCUT2D eigenvalue weighted by Crippen LogP contribution is -2.44. The smallest absolute Gasteiger partial charge is 0.323 e. The highest BCUT2D eigenvalue weighted by Crippen LogP contribution is 2.23. The van der Waals surface area contributed by atoms with Crippen LogP contribution in [0.1, 0.15) is 52.9 Å². The summed E-state index contributed by atoms with van der Waals surface area (Å²) in [7, 11) is 0. The summed E-state index contributed by atoms with van der Waals surface area (Å²) in [5.41, 5.74) is 5.62. The summed E-state index contributed by atoms with van der Waals surface area (Å²) in [5, 5.41) is 0. The minimum absolute atomic E-state index is 0.111. The Bertz CT molecular complexity index is 214. The first-order valence-corrected chi connectivity index (χ1v) is 5.87. The summed E-state index contributed by atoms with van der Waals surface area (Å²) in [6.45, 7) is 5.87. The number of carbonyl (C=O) groups excluding carboxylic acids is 1. The fraction of sp³-hybridized carbons (Fsp3) is 0.917. The molecule has 0 unspecified atom stereocenters. The highest BCUT2D eigenvalue weighted by atomic mass is 16.5. The monoisotopic (exact) mass is 213 g/mol. The maximum atomic E-state index is 11.7. The van der Waals surface area contributed by atoms with E-state index in [1.807, 2.05) is 20.8 Å². The van der Waals surface area contributed by atoms with Gasteiger partial charge in [-0.2, -0.15) is 0 Å². The van der Waals surface area contributed by atoms with Gasteiger partial charge in [-0.15, -0.1) is 0 Å². The zero-order valence-corrected chi connectivity index (χ0v) is 10.1. The van der Waals surface area contributed by atoms with Gasteiger partial charge in [-0.3, -0.25) is 4.79 Å². The number of rotatable bonds is 2. The van der Waals surface area contributed by atoms with Crippen LogP contribution in [0.25, 0.3) is 0 Å². The minimum Gasteiger partial charge on any atom is -0.461 e. The lowest BCUT2D eigenvalue weighted by Gasteiger charge is -2.28. The lowest BCUT2D eigenvalue weighted by atomic mass is 9.87. The molecule has 3 heteroatoms. The molecule has 88 valence electrons. The van der Waals surface area contributed by atoms with Crippen molar-refractivity contribution < 1.29 is 9.53 Å². The molecule has 1 fully saturated rings. The van der Waals surface area contributed by atoms with Crippen LogP contribution in [0.15, 0.2) is 0 Å². The van der Waals surface area contributed by atoms with Crippen LogP contribution in [0, 0.1) is 5.41 Å². The van der Waals surface area contributed by atoms with Crippen LogP contribution in [0.2, 0.25) is 0 Å². The Morgan fingerprint density at radius 3 is 2.27 bits per heavy atom. The summed E-state index contributed by atoms with van der Waals surface area (Å²) in [6.07, 6.45) is 5.72. The molecule has 0 aliphatic heterocycles. The highest BCUT2D eigenvalue weighted by Gasteiger charge is 2.30. The first kappa shape index (κ1) is 12.5. The van der Waals surface area contributed by atoms with Crippen LogP contribution in [-0.4, -0.2) is 18.1 Å². The van der Waals surface area contributed by atoms with E-state index in [0.29, 0.717) is 0 Å². The first-order chi connectivity index (χ1) is 6.91. The Kier molecular flexibility index (Phi) is 4.14. The standard InChI is InChI=1S/C12H23NO2/c1-12(2,3)10(13)11(14)15-9-7-5-4-6-8-9/h9-10H,4-8,13H2,1-3H3/t10-/m0/s1.